The van der Waals surface area contributed by atoms with Crippen LogP contribution < -0.4 is 21.7 Å². The molecule has 35 heavy (non-hydrogen) atoms. The summed E-state index contributed by atoms with van der Waals surface area (Å²) in [5.74, 6) is -4.26. The fourth-order valence-electron chi connectivity index (χ4n) is 2.97. The number of hydrogen-bond donors (Lipinski definition) is 7. The number of nitrogens with zero attached hydrogens (tertiary/aromatic N) is 1. The van der Waals surface area contributed by atoms with Crippen molar-refractivity contribution in [1.82, 2.24) is 25.9 Å². The lowest BCUT2D eigenvalue weighted by Crippen LogP contribution is -2.58. The van der Waals surface area contributed by atoms with Gasteiger partial charge in [-0.2, -0.15) is 11.8 Å². The molecule has 0 aliphatic carbocycles. The van der Waals surface area contributed by atoms with E-state index in [4.69, 9.17) is 10.8 Å². The number of H-pyrrole nitrogens is 1. The van der Waals surface area contributed by atoms with Crippen LogP contribution >= 0.6 is 11.8 Å². The number of carboxylic acid groups (broad SMARTS) is 2. The fraction of sp³-hybridized carbons (Fsp3) is 0.619. The number of nitrogens with one attached hydrogen (secondary N) is 4. The van der Waals surface area contributed by atoms with E-state index in [9.17, 15) is 29.1 Å². The minimum atomic E-state index is -1.43. The Bertz CT molecular complexity index is 864. The van der Waals surface area contributed by atoms with Crippen molar-refractivity contribution < 1.29 is 34.2 Å². The Labute approximate surface area is 207 Å². The maximum absolute atomic E-state index is 13.1. The molecule has 0 saturated carbocycles. The Hall–Kier alpha value is -3.13. The van der Waals surface area contributed by atoms with Crippen molar-refractivity contribution in [2.24, 2.45) is 11.7 Å². The summed E-state index contributed by atoms with van der Waals surface area (Å²) >= 11 is 1.42. The lowest BCUT2D eigenvalue weighted by atomic mass is 10.0. The van der Waals surface area contributed by atoms with Crippen LogP contribution in [0.25, 0.3) is 0 Å². The van der Waals surface area contributed by atoms with Crippen LogP contribution in [0.2, 0.25) is 0 Å². The molecule has 4 atom stereocenters. The summed E-state index contributed by atoms with van der Waals surface area (Å²) in [6.45, 7) is 3.53. The minimum absolute atomic E-state index is 0.0512. The highest BCUT2D eigenvalue weighted by atomic mass is 32.2. The topological polar surface area (TPSA) is 217 Å². The first kappa shape index (κ1) is 29.9. The van der Waals surface area contributed by atoms with Gasteiger partial charge in [-0.25, -0.2) is 9.78 Å². The van der Waals surface area contributed by atoms with Gasteiger partial charge in [-0.15, -0.1) is 0 Å². The molecular weight excluding hydrogens is 480 g/mol. The van der Waals surface area contributed by atoms with Gasteiger partial charge in [-0.05, 0) is 30.8 Å². The van der Waals surface area contributed by atoms with Crippen LogP contribution in [0.15, 0.2) is 12.5 Å². The highest BCUT2D eigenvalue weighted by molar-refractivity contribution is 7.98. The summed E-state index contributed by atoms with van der Waals surface area (Å²) in [7, 11) is 0. The summed E-state index contributed by atoms with van der Waals surface area (Å²) in [6, 6.07) is -4.48. The average Bonchev–Trinajstić information content (AvgIpc) is 3.30. The quantitative estimate of drug-likeness (QED) is 0.144. The van der Waals surface area contributed by atoms with Crippen LogP contribution in [0.4, 0.5) is 0 Å². The number of imidazole rings is 1. The van der Waals surface area contributed by atoms with Crippen LogP contribution in [-0.4, -0.2) is 86.0 Å². The summed E-state index contributed by atoms with van der Waals surface area (Å²) in [5, 5.41) is 25.6. The van der Waals surface area contributed by atoms with Gasteiger partial charge in [-0.1, -0.05) is 13.8 Å². The number of carbonyl (C=O) groups excluding carboxylic acids is 3. The largest absolute Gasteiger partial charge is 0.481 e. The number of rotatable bonds is 16. The van der Waals surface area contributed by atoms with Crippen molar-refractivity contribution >= 4 is 41.4 Å². The lowest BCUT2D eigenvalue weighted by molar-refractivity contribution is -0.143. The fourth-order valence-corrected chi connectivity index (χ4v) is 3.44. The van der Waals surface area contributed by atoms with Crippen LogP contribution in [-0.2, 0) is 30.4 Å². The molecule has 196 valence electrons. The molecular formula is C21H34N6O7S. The predicted molar refractivity (Wildman–Crippen MR) is 128 cm³/mol. The molecule has 0 spiro atoms. The minimum Gasteiger partial charge on any atom is -0.481 e. The number of hydrogen-bond acceptors (Lipinski definition) is 8. The normalized spacial score (nSPS) is 14.4. The predicted octanol–water partition coefficient (Wildman–Crippen LogP) is -0.908. The standard InChI is InChI=1S/C21H34N6O7S/c1-11(2)17(22)20(32)27-15(8-12-9-23-10-24-12)19(31)25-13(6-7-35-3)18(30)26-14(21(33)34)4-5-16(28)29/h9-11,13-15,17H,4-8,22H2,1-3H3,(H,23,24)(H,25,31)(H,26,30)(H,27,32)(H,28,29)(H,33,34). The first-order valence-electron chi connectivity index (χ1n) is 11.0. The maximum atomic E-state index is 13.1. The van der Waals surface area contributed by atoms with Crippen molar-refractivity contribution in [3.05, 3.63) is 18.2 Å². The summed E-state index contributed by atoms with van der Waals surface area (Å²) < 4.78 is 0. The van der Waals surface area contributed by atoms with Gasteiger partial charge >= 0.3 is 11.9 Å². The van der Waals surface area contributed by atoms with E-state index >= 15 is 0 Å². The molecule has 0 aliphatic heterocycles. The number of aromatic amines is 1. The highest BCUT2D eigenvalue weighted by Gasteiger charge is 2.31. The lowest BCUT2D eigenvalue weighted by Gasteiger charge is -2.25. The van der Waals surface area contributed by atoms with E-state index in [-0.39, 0.29) is 25.2 Å². The molecule has 3 amide bonds. The van der Waals surface area contributed by atoms with Crippen molar-refractivity contribution in [3.8, 4) is 0 Å². The SMILES string of the molecule is CSCCC(NC(=O)C(Cc1cnc[nH]1)NC(=O)C(N)C(C)C)C(=O)NC(CCC(=O)O)C(=O)O. The summed E-state index contributed by atoms with van der Waals surface area (Å²) in [6.07, 6.45) is 4.18. The second-order valence-corrected chi connectivity index (χ2v) is 9.27. The number of carbonyl (C=O) groups is 5. The Morgan fingerprint density at radius 2 is 1.60 bits per heavy atom. The molecule has 0 bridgehead atoms. The number of nitrogens with two attached hydrogens (primary N) is 1. The van der Waals surface area contributed by atoms with Gasteiger partial charge in [0, 0.05) is 24.7 Å². The van der Waals surface area contributed by atoms with Gasteiger partial charge in [0.2, 0.25) is 17.7 Å². The van der Waals surface area contributed by atoms with Crippen LogP contribution in [0, 0.1) is 5.92 Å². The molecule has 1 aromatic rings. The maximum Gasteiger partial charge on any atom is 0.326 e. The van der Waals surface area contributed by atoms with Gasteiger partial charge in [0.1, 0.15) is 18.1 Å². The molecule has 8 N–H and O–H groups in total. The van der Waals surface area contributed by atoms with E-state index in [1.165, 1.54) is 24.3 Å². The smallest absolute Gasteiger partial charge is 0.326 e. The molecule has 0 aromatic carbocycles. The first-order chi connectivity index (χ1) is 16.5. The molecule has 1 heterocycles. The highest BCUT2D eigenvalue weighted by Crippen LogP contribution is 2.07. The third-order valence-electron chi connectivity index (χ3n) is 5.14. The second-order valence-electron chi connectivity index (χ2n) is 8.29. The van der Waals surface area contributed by atoms with Crippen LogP contribution in [0.3, 0.4) is 0 Å². The Morgan fingerprint density at radius 3 is 2.11 bits per heavy atom. The van der Waals surface area contributed by atoms with Crippen LogP contribution in [0.5, 0.6) is 0 Å². The number of amides is 3. The zero-order chi connectivity index (χ0) is 26.5. The van der Waals surface area contributed by atoms with E-state index in [1.807, 2.05) is 0 Å². The Kier molecular flexibility index (Phi) is 12.8. The zero-order valence-corrected chi connectivity index (χ0v) is 20.8. The molecule has 0 radical (unpaired) electrons. The molecule has 1 rings (SSSR count). The van der Waals surface area contributed by atoms with E-state index in [0.29, 0.717) is 11.4 Å². The molecule has 4 unspecified atom stereocenters. The Morgan fingerprint density at radius 1 is 1.00 bits per heavy atom. The third kappa shape index (κ3) is 10.8. The molecule has 0 fully saturated rings. The van der Waals surface area contributed by atoms with Crippen molar-refractivity contribution in [2.45, 2.75) is 63.7 Å². The van der Waals surface area contributed by atoms with Crippen LogP contribution in [0.1, 0.15) is 38.8 Å². The number of aromatic nitrogens is 2. The van der Waals surface area contributed by atoms with E-state index in [1.54, 1.807) is 20.1 Å². The number of thioether (sulfide) groups is 1. The molecule has 0 aliphatic rings. The zero-order valence-electron chi connectivity index (χ0n) is 19.9. The van der Waals surface area contributed by atoms with Crippen molar-refractivity contribution in [3.63, 3.8) is 0 Å². The van der Waals surface area contributed by atoms with E-state index in [0.717, 1.165) is 0 Å². The van der Waals surface area contributed by atoms with Gasteiger partial charge in [0.25, 0.3) is 0 Å². The third-order valence-corrected chi connectivity index (χ3v) is 5.78. The Balaban J connectivity index is 3.02. The molecule has 14 heteroatoms. The van der Waals surface area contributed by atoms with Gasteiger partial charge in [0.15, 0.2) is 0 Å². The van der Waals surface area contributed by atoms with Gasteiger partial charge in [0.05, 0.1) is 12.4 Å². The van der Waals surface area contributed by atoms with Gasteiger partial charge < -0.3 is 36.9 Å². The van der Waals surface area contributed by atoms with Crippen molar-refractivity contribution in [1.29, 1.82) is 0 Å². The van der Waals surface area contributed by atoms with E-state index < -0.39 is 60.2 Å². The summed E-state index contributed by atoms with van der Waals surface area (Å²) in [5.41, 5.74) is 6.46. The first-order valence-corrected chi connectivity index (χ1v) is 12.4. The molecule has 13 nitrogen and oxygen atoms in total. The second kappa shape index (κ2) is 15.0. The summed E-state index contributed by atoms with van der Waals surface area (Å²) in [4.78, 5) is 67.5. The van der Waals surface area contributed by atoms with E-state index in [2.05, 4.69) is 25.9 Å². The number of carboxylic acids is 2. The monoisotopic (exact) mass is 514 g/mol. The van der Waals surface area contributed by atoms with Gasteiger partial charge in [-0.3, -0.25) is 19.2 Å². The average molecular weight is 515 g/mol. The van der Waals surface area contributed by atoms with Crippen molar-refractivity contribution in [2.75, 3.05) is 12.0 Å². The number of aliphatic carboxylic acids is 2. The molecule has 0 saturated heterocycles. The molecule has 1 aromatic heterocycles.